The van der Waals surface area contributed by atoms with Crippen LogP contribution in [-0.4, -0.2) is 35.9 Å². The summed E-state index contributed by atoms with van der Waals surface area (Å²) >= 11 is 0. The summed E-state index contributed by atoms with van der Waals surface area (Å²) in [6, 6.07) is 14.5. The zero-order valence-electron chi connectivity index (χ0n) is 20.1. The van der Waals surface area contributed by atoms with Crippen LogP contribution in [0.2, 0.25) is 0 Å². The van der Waals surface area contributed by atoms with Gasteiger partial charge in [0.05, 0.1) is 6.04 Å². The number of carbonyl (C=O) groups excluding carboxylic acids is 2. The molecule has 4 rings (SSSR count). The fraction of sp³-hybridized carbons (Fsp3) is 0.500. The highest BCUT2D eigenvalue weighted by Gasteiger charge is 2.36. The zero-order chi connectivity index (χ0) is 23.4. The van der Waals surface area contributed by atoms with E-state index in [1.807, 2.05) is 19.9 Å². The van der Waals surface area contributed by atoms with Crippen molar-refractivity contribution in [2.24, 2.45) is 5.92 Å². The Bertz CT molecular complexity index is 979. The van der Waals surface area contributed by atoms with Crippen molar-refractivity contribution in [3.8, 4) is 5.75 Å². The van der Waals surface area contributed by atoms with Crippen molar-refractivity contribution >= 4 is 11.8 Å². The van der Waals surface area contributed by atoms with Crippen molar-refractivity contribution in [1.82, 2.24) is 10.2 Å². The highest BCUT2D eigenvalue weighted by molar-refractivity contribution is 5.81. The van der Waals surface area contributed by atoms with Gasteiger partial charge in [-0.25, -0.2) is 0 Å². The number of carbonyl (C=O) groups is 2. The smallest absolute Gasteiger partial charge is 0.261 e. The molecule has 0 bridgehead atoms. The highest BCUT2D eigenvalue weighted by atomic mass is 16.5. The first-order valence-corrected chi connectivity index (χ1v) is 12.5. The molecule has 1 fully saturated rings. The Balaban J connectivity index is 1.69. The van der Waals surface area contributed by atoms with E-state index in [2.05, 4.69) is 53.5 Å². The molecular formula is C28H36N2O3. The first kappa shape index (κ1) is 23.3. The molecule has 0 radical (unpaired) electrons. The van der Waals surface area contributed by atoms with E-state index in [0.29, 0.717) is 18.7 Å². The average Bonchev–Trinajstić information content (AvgIpc) is 3.37. The molecule has 2 aliphatic rings. The fourth-order valence-electron chi connectivity index (χ4n) is 5.19. The molecule has 0 unspecified atom stereocenters. The molecule has 1 heterocycles. The van der Waals surface area contributed by atoms with Crippen LogP contribution in [0.4, 0.5) is 0 Å². The SMILES string of the molecule is CCNC(=O)[C@@H](CC)Oc1ccc2c(c1)[C@H](c1ccc(C)cc1)N(C(=O)C1CCCC1)CC2. The zero-order valence-corrected chi connectivity index (χ0v) is 20.1. The highest BCUT2D eigenvalue weighted by Crippen LogP contribution is 2.40. The first-order valence-electron chi connectivity index (χ1n) is 12.5. The van der Waals surface area contributed by atoms with Gasteiger partial charge in [-0.05, 0) is 68.4 Å². The number of aryl methyl sites for hydroxylation is 1. The van der Waals surface area contributed by atoms with Gasteiger partial charge in [-0.3, -0.25) is 9.59 Å². The van der Waals surface area contributed by atoms with Gasteiger partial charge in [-0.1, -0.05) is 55.7 Å². The molecule has 1 aliphatic carbocycles. The third-order valence-electron chi connectivity index (χ3n) is 7.02. The second-order valence-corrected chi connectivity index (χ2v) is 9.35. The maximum absolute atomic E-state index is 13.6. The van der Waals surface area contributed by atoms with Crippen molar-refractivity contribution in [2.75, 3.05) is 13.1 Å². The molecule has 0 spiro atoms. The third-order valence-corrected chi connectivity index (χ3v) is 7.02. The molecule has 5 nitrogen and oxygen atoms in total. The second kappa shape index (κ2) is 10.4. The number of benzene rings is 2. The molecule has 33 heavy (non-hydrogen) atoms. The van der Waals surface area contributed by atoms with Gasteiger partial charge in [-0.2, -0.15) is 0 Å². The predicted octanol–water partition coefficient (Wildman–Crippen LogP) is 4.95. The van der Waals surface area contributed by atoms with Gasteiger partial charge < -0.3 is 15.0 Å². The minimum absolute atomic E-state index is 0.0918. The molecular weight excluding hydrogens is 412 g/mol. The van der Waals surface area contributed by atoms with Crippen molar-refractivity contribution in [3.05, 3.63) is 64.7 Å². The summed E-state index contributed by atoms with van der Waals surface area (Å²) in [5.41, 5.74) is 4.68. The Morgan fingerprint density at radius 1 is 1.09 bits per heavy atom. The van der Waals surface area contributed by atoms with Gasteiger partial charge >= 0.3 is 0 Å². The number of hydrogen-bond acceptors (Lipinski definition) is 3. The Morgan fingerprint density at radius 3 is 2.48 bits per heavy atom. The average molecular weight is 449 g/mol. The molecule has 0 saturated heterocycles. The molecule has 176 valence electrons. The molecule has 1 saturated carbocycles. The number of hydrogen-bond donors (Lipinski definition) is 1. The van der Waals surface area contributed by atoms with Crippen molar-refractivity contribution in [1.29, 1.82) is 0 Å². The largest absolute Gasteiger partial charge is 0.481 e. The quantitative estimate of drug-likeness (QED) is 0.652. The maximum Gasteiger partial charge on any atom is 0.261 e. The van der Waals surface area contributed by atoms with E-state index in [4.69, 9.17) is 4.74 Å². The van der Waals surface area contributed by atoms with Crippen LogP contribution in [0.1, 0.15) is 74.2 Å². The van der Waals surface area contributed by atoms with E-state index in [1.165, 1.54) is 11.1 Å². The summed E-state index contributed by atoms with van der Waals surface area (Å²) in [5, 5.41) is 2.86. The van der Waals surface area contributed by atoms with Crippen LogP contribution < -0.4 is 10.1 Å². The van der Waals surface area contributed by atoms with Crippen LogP contribution in [0.3, 0.4) is 0 Å². The summed E-state index contributed by atoms with van der Waals surface area (Å²) in [7, 11) is 0. The number of rotatable bonds is 7. The molecule has 2 atom stereocenters. The second-order valence-electron chi connectivity index (χ2n) is 9.35. The van der Waals surface area contributed by atoms with Crippen molar-refractivity contribution in [2.45, 2.75) is 71.4 Å². The van der Waals surface area contributed by atoms with Crippen molar-refractivity contribution < 1.29 is 14.3 Å². The molecule has 5 heteroatoms. The lowest BCUT2D eigenvalue weighted by Gasteiger charge is -2.39. The summed E-state index contributed by atoms with van der Waals surface area (Å²) in [5.74, 6) is 1.01. The number of likely N-dealkylation sites (N-methyl/N-ethyl adjacent to an activating group) is 1. The summed E-state index contributed by atoms with van der Waals surface area (Å²) in [6.07, 6.45) is 5.19. The van der Waals surface area contributed by atoms with Gasteiger partial charge in [0.2, 0.25) is 5.91 Å². The van der Waals surface area contributed by atoms with Crippen LogP contribution in [0.25, 0.3) is 0 Å². The third kappa shape index (κ3) is 5.07. The van der Waals surface area contributed by atoms with E-state index >= 15 is 0 Å². The lowest BCUT2D eigenvalue weighted by atomic mass is 9.86. The molecule has 2 amide bonds. The number of nitrogens with zero attached hydrogens (tertiary/aromatic N) is 1. The molecule has 2 aromatic carbocycles. The summed E-state index contributed by atoms with van der Waals surface area (Å²) in [6.45, 7) is 7.26. The van der Waals surface area contributed by atoms with E-state index in [-0.39, 0.29) is 23.8 Å². The molecule has 0 aromatic heterocycles. The number of amides is 2. The van der Waals surface area contributed by atoms with E-state index < -0.39 is 6.10 Å². The first-order chi connectivity index (χ1) is 16.0. The number of ether oxygens (including phenoxy) is 1. The van der Waals surface area contributed by atoms with Gasteiger partial charge in [0, 0.05) is 19.0 Å². The Kier molecular flexibility index (Phi) is 7.36. The van der Waals surface area contributed by atoms with Crippen molar-refractivity contribution in [3.63, 3.8) is 0 Å². The predicted molar refractivity (Wildman–Crippen MR) is 130 cm³/mol. The van der Waals surface area contributed by atoms with Gasteiger partial charge in [0.1, 0.15) is 5.75 Å². The number of nitrogens with one attached hydrogen (secondary N) is 1. The van der Waals surface area contributed by atoms with Crippen LogP contribution in [0.15, 0.2) is 42.5 Å². The summed E-state index contributed by atoms with van der Waals surface area (Å²) < 4.78 is 6.13. The molecule has 2 aromatic rings. The van der Waals surface area contributed by atoms with E-state index in [1.54, 1.807) is 0 Å². The summed E-state index contributed by atoms with van der Waals surface area (Å²) in [4.78, 5) is 28.0. The number of fused-ring (bicyclic) bond motifs is 1. The maximum atomic E-state index is 13.6. The topological polar surface area (TPSA) is 58.6 Å². The van der Waals surface area contributed by atoms with Gasteiger partial charge in [-0.15, -0.1) is 0 Å². The molecule has 1 aliphatic heterocycles. The fourth-order valence-corrected chi connectivity index (χ4v) is 5.19. The lowest BCUT2D eigenvalue weighted by molar-refractivity contribution is -0.137. The van der Waals surface area contributed by atoms with E-state index in [0.717, 1.165) is 49.8 Å². The van der Waals surface area contributed by atoms with E-state index in [9.17, 15) is 9.59 Å². The Labute approximate surface area is 197 Å². The van der Waals surface area contributed by atoms with Gasteiger partial charge in [0.15, 0.2) is 6.10 Å². The van der Waals surface area contributed by atoms with Crippen LogP contribution in [-0.2, 0) is 16.0 Å². The normalized spacial score (nSPS) is 19.1. The van der Waals surface area contributed by atoms with Crippen LogP contribution in [0, 0.1) is 12.8 Å². The lowest BCUT2D eigenvalue weighted by Crippen LogP contribution is -2.43. The van der Waals surface area contributed by atoms with Crippen LogP contribution in [0.5, 0.6) is 5.75 Å². The Morgan fingerprint density at radius 2 is 1.82 bits per heavy atom. The minimum Gasteiger partial charge on any atom is -0.481 e. The Hall–Kier alpha value is -2.82. The minimum atomic E-state index is -0.527. The monoisotopic (exact) mass is 448 g/mol. The molecule has 1 N–H and O–H groups in total. The van der Waals surface area contributed by atoms with Crippen LogP contribution >= 0.6 is 0 Å². The van der Waals surface area contributed by atoms with Gasteiger partial charge in [0.25, 0.3) is 5.91 Å². The standard InChI is InChI=1S/C28H36N2O3/c1-4-25(27(31)29-5-2)33-23-15-14-20-16-17-30(28(32)22-8-6-7-9-22)26(24(20)18-23)21-12-10-19(3)11-13-21/h10-15,18,22,25-26H,4-9,16-17H2,1-3H3,(H,29,31)/t25-,26+/m1/s1.